The van der Waals surface area contributed by atoms with Gasteiger partial charge < -0.3 is 5.32 Å². The van der Waals surface area contributed by atoms with Gasteiger partial charge in [-0.2, -0.15) is 5.10 Å². The summed E-state index contributed by atoms with van der Waals surface area (Å²) in [5.74, 6) is 0. The van der Waals surface area contributed by atoms with Crippen molar-refractivity contribution in [3.8, 4) is 11.3 Å². The van der Waals surface area contributed by atoms with Crippen LogP contribution in [0.1, 0.15) is 18.1 Å². The Morgan fingerprint density at radius 2 is 2.12 bits per heavy atom. The van der Waals surface area contributed by atoms with Crippen LogP contribution in [0.3, 0.4) is 0 Å². The lowest BCUT2D eigenvalue weighted by molar-refractivity contribution is 0.728. The first-order valence-electron chi connectivity index (χ1n) is 5.62. The summed E-state index contributed by atoms with van der Waals surface area (Å²) in [6.45, 7) is 6.05. The number of aryl methyl sites for hydroxylation is 1. The van der Waals surface area contributed by atoms with Crippen molar-refractivity contribution in [1.29, 1.82) is 0 Å². The van der Waals surface area contributed by atoms with Crippen molar-refractivity contribution in [3.05, 3.63) is 41.6 Å². The van der Waals surface area contributed by atoms with Crippen molar-refractivity contribution >= 4 is 0 Å². The topological polar surface area (TPSA) is 40.7 Å². The van der Waals surface area contributed by atoms with E-state index in [1.54, 1.807) is 0 Å². The molecule has 0 aliphatic carbocycles. The van der Waals surface area contributed by atoms with Gasteiger partial charge in [0.05, 0.1) is 11.9 Å². The van der Waals surface area contributed by atoms with Crippen molar-refractivity contribution in [2.24, 2.45) is 0 Å². The molecule has 84 valence electrons. The first-order valence-corrected chi connectivity index (χ1v) is 5.62. The summed E-state index contributed by atoms with van der Waals surface area (Å²) in [5, 5.41) is 10.5. The van der Waals surface area contributed by atoms with Crippen LogP contribution in [0, 0.1) is 6.92 Å². The Morgan fingerprint density at radius 3 is 2.88 bits per heavy atom. The Bertz CT molecular complexity index is 460. The van der Waals surface area contributed by atoms with Crippen molar-refractivity contribution in [2.75, 3.05) is 6.54 Å². The molecule has 0 aliphatic heterocycles. The first kappa shape index (κ1) is 10.9. The standard InChI is InChI=1S/C13H17N3/c1-3-14-8-11-9-15-16-13(11)12-7-5-4-6-10(12)2/h4-7,9,14H,3,8H2,1-2H3,(H,15,16). The molecule has 0 bridgehead atoms. The zero-order valence-electron chi connectivity index (χ0n) is 9.75. The molecule has 0 spiro atoms. The Hall–Kier alpha value is -1.61. The number of nitrogens with one attached hydrogen (secondary N) is 2. The van der Waals surface area contributed by atoms with Gasteiger partial charge in [0.2, 0.25) is 0 Å². The highest BCUT2D eigenvalue weighted by molar-refractivity contribution is 5.66. The van der Waals surface area contributed by atoms with Crippen LogP contribution in [-0.2, 0) is 6.54 Å². The second-order valence-electron chi connectivity index (χ2n) is 3.87. The molecule has 1 heterocycles. The molecule has 3 nitrogen and oxygen atoms in total. The van der Waals surface area contributed by atoms with Gasteiger partial charge >= 0.3 is 0 Å². The van der Waals surface area contributed by atoms with Gasteiger partial charge in [-0.25, -0.2) is 0 Å². The largest absolute Gasteiger partial charge is 0.313 e. The lowest BCUT2D eigenvalue weighted by Gasteiger charge is -2.06. The maximum absolute atomic E-state index is 4.13. The van der Waals surface area contributed by atoms with E-state index in [0.717, 1.165) is 18.8 Å². The van der Waals surface area contributed by atoms with Crippen molar-refractivity contribution < 1.29 is 0 Å². The molecule has 3 heteroatoms. The second-order valence-corrected chi connectivity index (χ2v) is 3.87. The molecule has 0 amide bonds. The van der Waals surface area contributed by atoms with Crippen molar-refractivity contribution in [1.82, 2.24) is 15.5 Å². The van der Waals surface area contributed by atoms with Crippen LogP contribution in [0.5, 0.6) is 0 Å². The van der Waals surface area contributed by atoms with E-state index < -0.39 is 0 Å². The summed E-state index contributed by atoms with van der Waals surface area (Å²) in [6, 6.07) is 8.35. The number of aromatic nitrogens is 2. The van der Waals surface area contributed by atoms with Gasteiger partial charge in [0.1, 0.15) is 0 Å². The minimum Gasteiger partial charge on any atom is -0.313 e. The van der Waals surface area contributed by atoms with E-state index in [9.17, 15) is 0 Å². The predicted molar refractivity (Wildman–Crippen MR) is 66.1 cm³/mol. The first-order chi connectivity index (χ1) is 7.83. The fourth-order valence-corrected chi connectivity index (χ4v) is 1.79. The second kappa shape index (κ2) is 4.94. The van der Waals surface area contributed by atoms with E-state index in [4.69, 9.17) is 0 Å². The van der Waals surface area contributed by atoms with Gasteiger partial charge in [0.25, 0.3) is 0 Å². The number of aromatic amines is 1. The molecule has 0 atom stereocenters. The Balaban J connectivity index is 2.33. The Kier molecular flexibility index (Phi) is 3.37. The van der Waals surface area contributed by atoms with Gasteiger partial charge in [-0.3, -0.25) is 5.10 Å². The summed E-state index contributed by atoms with van der Waals surface area (Å²) >= 11 is 0. The van der Waals surface area contributed by atoms with Crippen LogP contribution < -0.4 is 5.32 Å². The molecule has 0 saturated carbocycles. The number of benzene rings is 1. The minimum absolute atomic E-state index is 0.858. The van der Waals surface area contributed by atoms with E-state index in [0.29, 0.717) is 0 Å². The Morgan fingerprint density at radius 1 is 1.31 bits per heavy atom. The molecule has 0 saturated heterocycles. The van der Waals surface area contributed by atoms with E-state index in [2.05, 4.69) is 53.6 Å². The van der Waals surface area contributed by atoms with Crippen LogP contribution in [0.2, 0.25) is 0 Å². The highest BCUT2D eigenvalue weighted by atomic mass is 15.1. The fourth-order valence-electron chi connectivity index (χ4n) is 1.79. The molecular formula is C13H17N3. The monoisotopic (exact) mass is 215 g/mol. The lowest BCUT2D eigenvalue weighted by atomic mass is 10.0. The summed E-state index contributed by atoms with van der Waals surface area (Å²) < 4.78 is 0. The quantitative estimate of drug-likeness (QED) is 0.822. The van der Waals surface area contributed by atoms with E-state index >= 15 is 0 Å². The van der Waals surface area contributed by atoms with Gasteiger partial charge in [-0.15, -0.1) is 0 Å². The fraction of sp³-hybridized carbons (Fsp3) is 0.308. The third-order valence-corrected chi connectivity index (χ3v) is 2.70. The number of hydrogen-bond acceptors (Lipinski definition) is 2. The maximum Gasteiger partial charge on any atom is 0.0697 e. The van der Waals surface area contributed by atoms with Crippen molar-refractivity contribution in [3.63, 3.8) is 0 Å². The van der Waals surface area contributed by atoms with Crippen LogP contribution in [0.25, 0.3) is 11.3 Å². The SMILES string of the molecule is CCNCc1cn[nH]c1-c1ccccc1C. The number of rotatable bonds is 4. The highest BCUT2D eigenvalue weighted by Gasteiger charge is 2.08. The van der Waals surface area contributed by atoms with Gasteiger partial charge in [-0.1, -0.05) is 31.2 Å². The number of nitrogens with zero attached hydrogens (tertiary/aromatic N) is 1. The molecular weight excluding hydrogens is 198 g/mol. The maximum atomic E-state index is 4.13. The Labute approximate surface area is 95.9 Å². The summed E-state index contributed by atoms with van der Waals surface area (Å²) in [5.41, 5.74) is 4.84. The summed E-state index contributed by atoms with van der Waals surface area (Å²) in [6.07, 6.45) is 1.89. The average molecular weight is 215 g/mol. The van der Waals surface area contributed by atoms with Gasteiger partial charge in [0, 0.05) is 17.7 Å². The third kappa shape index (κ3) is 2.14. The van der Waals surface area contributed by atoms with Crippen LogP contribution >= 0.6 is 0 Å². The normalized spacial score (nSPS) is 10.6. The molecule has 2 N–H and O–H groups in total. The molecule has 1 aromatic carbocycles. The molecule has 0 radical (unpaired) electrons. The van der Waals surface area contributed by atoms with Crippen LogP contribution in [0.15, 0.2) is 30.5 Å². The minimum atomic E-state index is 0.858. The van der Waals surface area contributed by atoms with Crippen LogP contribution in [-0.4, -0.2) is 16.7 Å². The van der Waals surface area contributed by atoms with Gasteiger partial charge in [-0.05, 0) is 19.0 Å². The molecule has 2 rings (SSSR count). The zero-order chi connectivity index (χ0) is 11.4. The third-order valence-electron chi connectivity index (χ3n) is 2.70. The number of hydrogen-bond donors (Lipinski definition) is 2. The lowest BCUT2D eigenvalue weighted by Crippen LogP contribution is -2.11. The van der Waals surface area contributed by atoms with Gasteiger partial charge in [0.15, 0.2) is 0 Å². The molecule has 0 fully saturated rings. The molecule has 0 aliphatic rings. The van der Waals surface area contributed by atoms with E-state index in [1.807, 2.05) is 6.20 Å². The average Bonchev–Trinajstić information content (AvgIpc) is 2.75. The van der Waals surface area contributed by atoms with Crippen molar-refractivity contribution in [2.45, 2.75) is 20.4 Å². The smallest absolute Gasteiger partial charge is 0.0697 e. The predicted octanol–water partition coefficient (Wildman–Crippen LogP) is 2.49. The number of H-pyrrole nitrogens is 1. The highest BCUT2D eigenvalue weighted by Crippen LogP contribution is 2.24. The van der Waals surface area contributed by atoms with E-state index in [-0.39, 0.29) is 0 Å². The zero-order valence-corrected chi connectivity index (χ0v) is 9.75. The van der Waals surface area contributed by atoms with E-state index in [1.165, 1.54) is 16.7 Å². The summed E-state index contributed by atoms with van der Waals surface area (Å²) in [4.78, 5) is 0. The molecule has 16 heavy (non-hydrogen) atoms. The molecule has 0 unspecified atom stereocenters. The molecule has 1 aromatic heterocycles. The summed E-state index contributed by atoms with van der Waals surface area (Å²) in [7, 11) is 0. The molecule has 2 aromatic rings. The van der Waals surface area contributed by atoms with Crippen LogP contribution in [0.4, 0.5) is 0 Å².